The normalized spacial score (nSPS) is 17.2. The first-order chi connectivity index (χ1) is 5.59. The molecule has 78 valence electrons. The van der Waals surface area contributed by atoms with Crippen LogP contribution in [0.1, 0.15) is 20.3 Å². The molecule has 0 heterocycles. The summed E-state index contributed by atoms with van der Waals surface area (Å²) in [6.07, 6.45) is -5.86. The van der Waals surface area contributed by atoms with E-state index in [0.29, 0.717) is 0 Å². The van der Waals surface area contributed by atoms with Gasteiger partial charge in [-0.05, 0) is 5.92 Å². The first kappa shape index (κ1) is 12.2. The number of hydrogen-bond donors (Lipinski definition) is 2. The molecule has 0 fully saturated rings. The molecular weight excluding hydrogens is 185 g/mol. The van der Waals surface area contributed by atoms with Crippen LogP contribution in [-0.4, -0.2) is 17.6 Å². The largest absolute Gasteiger partial charge is 0.391 e. The molecule has 0 aromatic rings. The Kier molecular flexibility index (Phi) is 3.32. The maximum Gasteiger partial charge on any atom is 0.391 e. The summed E-state index contributed by atoms with van der Waals surface area (Å²) in [5.41, 5.74) is 8.09. The minimum atomic E-state index is -4.48. The predicted molar refractivity (Wildman–Crippen MR) is 41.6 cm³/mol. The van der Waals surface area contributed by atoms with Gasteiger partial charge in [-0.15, -0.1) is 0 Å². The number of rotatable bonds is 3. The van der Waals surface area contributed by atoms with Crippen LogP contribution in [0.4, 0.5) is 13.2 Å². The lowest BCUT2D eigenvalue weighted by Gasteiger charge is -2.30. The van der Waals surface area contributed by atoms with Crippen molar-refractivity contribution < 1.29 is 18.0 Å². The summed E-state index contributed by atoms with van der Waals surface area (Å²) in [5, 5.41) is 0. The van der Waals surface area contributed by atoms with Crippen molar-refractivity contribution >= 4 is 5.91 Å². The smallest absolute Gasteiger partial charge is 0.368 e. The van der Waals surface area contributed by atoms with Crippen LogP contribution in [0.15, 0.2) is 0 Å². The van der Waals surface area contributed by atoms with Crippen LogP contribution >= 0.6 is 0 Å². The second-order valence-corrected chi connectivity index (χ2v) is 3.35. The van der Waals surface area contributed by atoms with Crippen LogP contribution in [0, 0.1) is 5.92 Å². The third-order valence-corrected chi connectivity index (χ3v) is 1.98. The van der Waals surface area contributed by atoms with Crippen molar-refractivity contribution in [3.8, 4) is 0 Å². The van der Waals surface area contributed by atoms with Crippen molar-refractivity contribution in [2.24, 2.45) is 17.4 Å². The number of carbonyl (C=O) groups is 1. The zero-order valence-electron chi connectivity index (χ0n) is 7.48. The minimum Gasteiger partial charge on any atom is -0.368 e. The molecule has 0 aliphatic rings. The average molecular weight is 198 g/mol. The predicted octanol–water partition coefficient (Wildman–Crippen LogP) is 0.778. The van der Waals surface area contributed by atoms with Gasteiger partial charge in [0.05, 0.1) is 6.42 Å². The molecule has 0 saturated heterocycles. The maximum absolute atomic E-state index is 12.0. The van der Waals surface area contributed by atoms with Gasteiger partial charge in [0.2, 0.25) is 5.91 Å². The molecule has 13 heavy (non-hydrogen) atoms. The fraction of sp³-hybridized carbons (Fsp3) is 0.857. The van der Waals surface area contributed by atoms with Gasteiger partial charge >= 0.3 is 6.18 Å². The molecule has 0 saturated carbocycles. The lowest BCUT2D eigenvalue weighted by molar-refractivity contribution is -0.159. The highest BCUT2D eigenvalue weighted by Crippen LogP contribution is 2.30. The monoisotopic (exact) mass is 198 g/mol. The lowest BCUT2D eigenvalue weighted by Crippen LogP contribution is -2.58. The average Bonchev–Trinajstić information content (AvgIpc) is 1.82. The Morgan fingerprint density at radius 1 is 1.38 bits per heavy atom. The number of nitrogens with two attached hydrogens (primary N) is 2. The van der Waals surface area contributed by atoms with Crippen LogP contribution in [-0.2, 0) is 4.79 Å². The molecular formula is C7H13F3N2O. The van der Waals surface area contributed by atoms with Gasteiger partial charge < -0.3 is 11.5 Å². The molecule has 3 nitrogen and oxygen atoms in total. The van der Waals surface area contributed by atoms with E-state index in [1.165, 1.54) is 13.8 Å². The zero-order chi connectivity index (χ0) is 10.9. The number of amides is 1. The van der Waals surface area contributed by atoms with Crippen molar-refractivity contribution in [2.75, 3.05) is 0 Å². The van der Waals surface area contributed by atoms with Crippen LogP contribution in [0.2, 0.25) is 0 Å². The Hall–Kier alpha value is -0.780. The first-order valence-corrected chi connectivity index (χ1v) is 3.75. The van der Waals surface area contributed by atoms with Gasteiger partial charge in [-0.1, -0.05) is 13.8 Å². The van der Waals surface area contributed by atoms with Crippen LogP contribution in [0.3, 0.4) is 0 Å². The second kappa shape index (κ2) is 3.53. The number of carbonyl (C=O) groups excluding carboxylic acids is 1. The topological polar surface area (TPSA) is 69.1 Å². The van der Waals surface area contributed by atoms with Gasteiger partial charge in [0.15, 0.2) is 0 Å². The van der Waals surface area contributed by atoms with Crippen LogP contribution < -0.4 is 11.5 Å². The molecule has 0 aliphatic heterocycles. The molecule has 0 aliphatic carbocycles. The summed E-state index contributed by atoms with van der Waals surface area (Å²) in [7, 11) is 0. The number of hydrogen-bond acceptors (Lipinski definition) is 2. The first-order valence-electron chi connectivity index (χ1n) is 3.75. The number of halogens is 3. The van der Waals surface area contributed by atoms with Gasteiger partial charge in [0, 0.05) is 0 Å². The molecule has 1 atom stereocenters. The maximum atomic E-state index is 12.0. The molecule has 0 radical (unpaired) electrons. The quantitative estimate of drug-likeness (QED) is 0.703. The van der Waals surface area contributed by atoms with Crippen molar-refractivity contribution in [3.63, 3.8) is 0 Å². The van der Waals surface area contributed by atoms with E-state index in [1.807, 2.05) is 0 Å². The van der Waals surface area contributed by atoms with E-state index in [0.717, 1.165) is 0 Å². The highest BCUT2D eigenvalue weighted by atomic mass is 19.4. The summed E-state index contributed by atoms with van der Waals surface area (Å²) in [5.74, 6) is -1.77. The minimum absolute atomic E-state index is 0.647. The fourth-order valence-electron chi connectivity index (χ4n) is 0.907. The summed E-state index contributed by atoms with van der Waals surface area (Å²) in [4.78, 5) is 10.7. The summed E-state index contributed by atoms with van der Waals surface area (Å²) < 4.78 is 36.0. The van der Waals surface area contributed by atoms with E-state index in [9.17, 15) is 18.0 Å². The SMILES string of the molecule is CC(C)[C@@](N)(CC(F)(F)F)C(N)=O. The number of primary amides is 1. The van der Waals surface area contributed by atoms with Crippen molar-refractivity contribution in [1.82, 2.24) is 0 Å². The Labute approximate surface area is 74.3 Å². The third kappa shape index (κ3) is 3.22. The standard InChI is InChI=1S/C7H13F3N2O/c1-4(2)6(12,5(11)13)3-7(8,9)10/h4H,3,12H2,1-2H3,(H2,11,13)/t6-/m0/s1. The molecule has 6 heteroatoms. The van der Waals surface area contributed by atoms with Gasteiger partial charge in [0.1, 0.15) is 5.54 Å². The highest BCUT2D eigenvalue weighted by molar-refractivity contribution is 5.84. The fourth-order valence-corrected chi connectivity index (χ4v) is 0.907. The summed E-state index contributed by atoms with van der Waals surface area (Å²) in [6, 6.07) is 0. The molecule has 0 spiro atoms. The number of alkyl halides is 3. The highest BCUT2D eigenvalue weighted by Gasteiger charge is 2.45. The zero-order valence-corrected chi connectivity index (χ0v) is 7.48. The Bertz CT molecular complexity index is 202. The van der Waals surface area contributed by atoms with Crippen molar-refractivity contribution in [2.45, 2.75) is 32.0 Å². The third-order valence-electron chi connectivity index (χ3n) is 1.98. The van der Waals surface area contributed by atoms with Gasteiger partial charge in [-0.2, -0.15) is 13.2 Å². The van der Waals surface area contributed by atoms with E-state index in [2.05, 4.69) is 0 Å². The lowest BCUT2D eigenvalue weighted by atomic mass is 9.83. The van der Waals surface area contributed by atoms with Crippen molar-refractivity contribution in [3.05, 3.63) is 0 Å². The Morgan fingerprint density at radius 3 is 1.85 bits per heavy atom. The molecule has 0 aromatic carbocycles. The second-order valence-electron chi connectivity index (χ2n) is 3.35. The molecule has 0 bridgehead atoms. The van der Waals surface area contributed by atoms with E-state index < -0.39 is 30.0 Å². The summed E-state index contributed by atoms with van der Waals surface area (Å²) >= 11 is 0. The molecule has 1 amide bonds. The molecule has 0 rings (SSSR count). The molecule has 0 aromatic heterocycles. The van der Waals surface area contributed by atoms with Gasteiger partial charge in [0.25, 0.3) is 0 Å². The molecule has 0 unspecified atom stereocenters. The molecule has 4 N–H and O–H groups in total. The Balaban J connectivity index is 4.73. The van der Waals surface area contributed by atoms with Gasteiger partial charge in [-0.25, -0.2) is 0 Å². The van der Waals surface area contributed by atoms with E-state index in [4.69, 9.17) is 11.5 Å². The van der Waals surface area contributed by atoms with E-state index in [-0.39, 0.29) is 0 Å². The van der Waals surface area contributed by atoms with Crippen LogP contribution in [0.5, 0.6) is 0 Å². The van der Waals surface area contributed by atoms with Crippen molar-refractivity contribution in [1.29, 1.82) is 0 Å². The van der Waals surface area contributed by atoms with Crippen LogP contribution in [0.25, 0.3) is 0 Å². The van der Waals surface area contributed by atoms with E-state index >= 15 is 0 Å². The summed E-state index contributed by atoms with van der Waals surface area (Å²) in [6.45, 7) is 2.85. The van der Waals surface area contributed by atoms with E-state index in [1.54, 1.807) is 0 Å². The van der Waals surface area contributed by atoms with Gasteiger partial charge in [-0.3, -0.25) is 4.79 Å². The Morgan fingerprint density at radius 2 is 1.77 bits per heavy atom.